The molecule has 14 heavy (non-hydrogen) atoms. The number of aliphatic hydroxyl groups is 1. The SMILES string of the molecule is CCC1CCC(CN)(OCCCO)C1. The third-order valence-electron chi connectivity index (χ3n) is 3.33. The van der Waals surface area contributed by atoms with Crippen LogP contribution >= 0.6 is 0 Å². The fraction of sp³-hybridized carbons (Fsp3) is 1.00. The van der Waals surface area contributed by atoms with Gasteiger partial charge in [-0.2, -0.15) is 0 Å². The third-order valence-corrected chi connectivity index (χ3v) is 3.33. The van der Waals surface area contributed by atoms with E-state index >= 15 is 0 Å². The normalized spacial score (nSPS) is 32.4. The van der Waals surface area contributed by atoms with Crippen LogP contribution in [-0.4, -0.2) is 30.5 Å². The Kier molecular flexibility index (Phi) is 4.85. The maximum Gasteiger partial charge on any atom is 0.0806 e. The first-order valence-electron chi connectivity index (χ1n) is 5.71. The summed E-state index contributed by atoms with van der Waals surface area (Å²) in [6.07, 6.45) is 5.38. The van der Waals surface area contributed by atoms with Gasteiger partial charge in [0, 0.05) is 19.8 Å². The predicted octanol–water partition coefficient (Wildman–Crippen LogP) is 1.29. The molecule has 3 N–H and O–H groups in total. The minimum atomic E-state index is -0.0736. The summed E-state index contributed by atoms with van der Waals surface area (Å²) in [4.78, 5) is 0. The van der Waals surface area contributed by atoms with E-state index in [4.69, 9.17) is 15.6 Å². The number of hydrogen-bond donors (Lipinski definition) is 2. The second-order valence-electron chi connectivity index (χ2n) is 4.33. The van der Waals surface area contributed by atoms with Crippen molar-refractivity contribution in [3.05, 3.63) is 0 Å². The summed E-state index contributed by atoms with van der Waals surface area (Å²) in [5.74, 6) is 0.785. The molecular formula is C11H23NO2. The van der Waals surface area contributed by atoms with E-state index < -0.39 is 0 Å². The standard InChI is InChI=1S/C11H23NO2/c1-2-10-4-5-11(8-10,9-12)14-7-3-6-13/h10,13H,2-9,12H2,1H3. The van der Waals surface area contributed by atoms with E-state index in [9.17, 15) is 0 Å². The molecule has 2 unspecified atom stereocenters. The monoisotopic (exact) mass is 201 g/mol. The molecule has 0 amide bonds. The van der Waals surface area contributed by atoms with Crippen LogP contribution < -0.4 is 5.73 Å². The molecule has 0 aromatic rings. The van der Waals surface area contributed by atoms with Crippen LogP contribution in [0.3, 0.4) is 0 Å². The summed E-state index contributed by atoms with van der Waals surface area (Å²) in [6.45, 7) is 3.70. The zero-order valence-corrected chi connectivity index (χ0v) is 9.17. The predicted molar refractivity (Wildman–Crippen MR) is 57.1 cm³/mol. The van der Waals surface area contributed by atoms with Crippen molar-refractivity contribution >= 4 is 0 Å². The van der Waals surface area contributed by atoms with Gasteiger partial charge in [0.1, 0.15) is 0 Å². The van der Waals surface area contributed by atoms with E-state index in [1.54, 1.807) is 0 Å². The lowest BCUT2D eigenvalue weighted by atomic mass is 9.99. The van der Waals surface area contributed by atoms with Crippen LogP contribution in [0.4, 0.5) is 0 Å². The van der Waals surface area contributed by atoms with Crippen molar-refractivity contribution in [2.24, 2.45) is 11.7 Å². The smallest absolute Gasteiger partial charge is 0.0806 e. The Bertz CT molecular complexity index is 163. The van der Waals surface area contributed by atoms with Crippen LogP contribution in [0.2, 0.25) is 0 Å². The first-order valence-corrected chi connectivity index (χ1v) is 5.71. The van der Waals surface area contributed by atoms with E-state index in [1.165, 1.54) is 12.8 Å². The molecule has 1 aliphatic rings. The van der Waals surface area contributed by atoms with E-state index in [2.05, 4.69) is 6.92 Å². The molecule has 1 aliphatic carbocycles. The summed E-state index contributed by atoms with van der Waals surface area (Å²) in [7, 11) is 0. The molecule has 0 aromatic carbocycles. The molecule has 1 fully saturated rings. The largest absolute Gasteiger partial charge is 0.396 e. The van der Waals surface area contributed by atoms with E-state index in [-0.39, 0.29) is 12.2 Å². The van der Waals surface area contributed by atoms with Gasteiger partial charge in [-0.1, -0.05) is 13.3 Å². The lowest BCUT2D eigenvalue weighted by molar-refractivity contribution is -0.0408. The van der Waals surface area contributed by atoms with Crippen molar-refractivity contribution < 1.29 is 9.84 Å². The Morgan fingerprint density at radius 3 is 2.86 bits per heavy atom. The van der Waals surface area contributed by atoms with Crippen molar-refractivity contribution in [3.8, 4) is 0 Å². The van der Waals surface area contributed by atoms with Crippen LogP contribution in [0.25, 0.3) is 0 Å². The number of ether oxygens (including phenoxy) is 1. The van der Waals surface area contributed by atoms with Gasteiger partial charge in [-0.3, -0.25) is 0 Å². The van der Waals surface area contributed by atoms with Crippen molar-refractivity contribution in [1.82, 2.24) is 0 Å². The van der Waals surface area contributed by atoms with E-state index in [0.29, 0.717) is 13.2 Å². The molecule has 0 aliphatic heterocycles. The van der Waals surface area contributed by atoms with Crippen molar-refractivity contribution in [3.63, 3.8) is 0 Å². The second-order valence-corrected chi connectivity index (χ2v) is 4.33. The van der Waals surface area contributed by atoms with Gasteiger partial charge in [0.25, 0.3) is 0 Å². The van der Waals surface area contributed by atoms with E-state index in [1.807, 2.05) is 0 Å². The lowest BCUT2D eigenvalue weighted by Crippen LogP contribution is -2.38. The minimum Gasteiger partial charge on any atom is -0.396 e. The average molecular weight is 201 g/mol. The molecule has 3 heteroatoms. The van der Waals surface area contributed by atoms with Crippen molar-refractivity contribution in [2.45, 2.75) is 44.6 Å². The summed E-state index contributed by atoms with van der Waals surface area (Å²) < 4.78 is 5.83. The molecule has 1 rings (SSSR count). The van der Waals surface area contributed by atoms with Crippen LogP contribution in [0.15, 0.2) is 0 Å². The highest BCUT2D eigenvalue weighted by Gasteiger charge is 2.37. The van der Waals surface area contributed by atoms with Crippen LogP contribution in [0.5, 0.6) is 0 Å². The molecule has 84 valence electrons. The van der Waals surface area contributed by atoms with Crippen LogP contribution in [0.1, 0.15) is 39.0 Å². The Labute approximate surface area is 86.6 Å². The summed E-state index contributed by atoms with van der Waals surface area (Å²) >= 11 is 0. The zero-order valence-electron chi connectivity index (χ0n) is 9.17. The summed E-state index contributed by atoms with van der Waals surface area (Å²) in [5.41, 5.74) is 5.71. The number of aliphatic hydroxyl groups excluding tert-OH is 1. The highest BCUT2D eigenvalue weighted by Crippen LogP contribution is 2.38. The number of nitrogens with two attached hydrogens (primary N) is 1. The number of rotatable bonds is 6. The molecule has 0 radical (unpaired) electrons. The van der Waals surface area contributed by atoms with Gasteiger partial charge in [0.05, 0.1) is 5.60 Å². The number of hydrogen-bond acceptors (Lipinski definition) is 3. The first-order chi connectivity index (χ1) is 6.76. The van der Waals surface area contributed by atoms with Gasteiger partial charge in [-0.15, -0.1) is 0 Å². The Balaban J connectivity index is 2.35. The molecular weight excluding hydrogens is 178 g/mol. The van der Waals surface area contributed by atoms with Gasteiger partial charge >= 0.3 is 0 Å². The first kappa shape index (κ1) is 12.0. The maximum atomic E-state index is 8.68. The Hall–Kier alpha value is -0.120. The maximum absolute atomic E-state index is 8.68. The van der Waals surface area contributed by atoms with Crippen molar-refractivity contribution in [1.29, 1.82) is 0 Å². The van der Waals surface area contributed by atoms with Gasteiger partial charge < -0.3 is 15.6 Å². The quantitative estimate of drug-likeness (QED) is 0.637. The second kappa shape index (κ2) is 5.69. The fourth-order valence-corrected chi connectivity index (χ4v) is 2.27. The highest BCUT2D eigenvalue weighted by molar-refractivity contribution is 4.91. The van der Waals surface area contributed by atoms with Crippen LogP contribution in [0, 0.1) is 5.92 Å². The molecule has 2 atom stereocenters. The van der Waals surface area contributed by atoms with E-state index in [0.717, 1.165) is 25.2 Å². The molecule has 0 bridgehead atoms. The Morgan fingerprint density at radius 1 is 1.57 bits per heavy atom. The fourth-order valence-electron chi connectivity index (χ4n) is 2.27. The highest BCUT2D eigenvalue weighted by atomic mass is 16.5. The zero-order chi connectivity index (χ0) is 10.4. The summed E-state index contributed by atoms with van der Waals surface area (Å²) in [6, 6.07) is 0. The molecule has 3 nitrogen and oxygen atoms in total. The van der Waals surface area contributed by atoms with Gasteiger partial charge in [0.2, 0.25) is 0 Å². The third kappa shape index (κ3) is 2.94. The molecule has 0 aromatic heterocycles. The van der Waals surface area contributed by atoms with Gasteiger partial charge in [-0.25, -0.2) is 0 Å². The Morgan fingerprint density at radius 2 is 2.36 bits per heavy atom. The minimum absolute atomic E-state index is 0.0736. The van der Waals surface area contributed by atoms with Crippen LogP contribution in [-0.2, 0) is 4.74 Å². The van der Waals surface area contributed by atoms with Crippen molar-refractivity contribution in [2.75, 3.05) is 19.8 Å². The molecule has 0 heterocycles. The van der Waals surface area contributed by atoms with Gasteiger partial charge in [-0.05, 0) is 31.6 Å². The lowest BCUT2D eigenvalue weighted by Gasteiger charge is -2.28. The summed E-state index contributed by atoms with van der Waals surface area (Å²) in [5, 5.41) is 8.68. The topological polar surface area (TPSA) is 55.5 Å². The molecule has 0 saturated heterocycles. The average Bonchev–Trinajstić information content (AvgIpc) is 2.63. The molecule has 0 spiro atoms. The van der Waals surface area contributed by atoms with Gasteiger partial charge in [0.15, 0.2) is 0 Å². The molecule has 1 saturated carbocycles.